The summed E-state index contributed by atoms with van der Waals surface area (Å²) in [6.45, 7) is 15.1. The molecular formula is C34H52N3O2+. The van der Waals surface area contributed by atoms with E-state index in [0.717, 1.165) is 79.6 Å². The molecule has 0 aromatic heterocycles. The molecule has 5 heteroatoms. The number of carbonyl (C=O) groups excluding carboxylic acids is 2. The molecule has 1 heterocycles. The minimum Gasteiger partial charge on any atom is -0.324 e. The van der Waals surface area contributed by atoms with Gasteiger partial charge in [0.15, 0.2) is 5.78 Å². The molecule has 2 unspecified atom stereocenters. The van der Waals surface area contributed by atoms with Gasteiger partial charge < -0.3 is 9.80 Å². The van der Waals surface area contributed by atoms with Crippen LogP contribution in [0.1, 0.15) is 79.7 Å². The smallest absolute Gasteiger partial charge is 0.241 e. The van der Waals surface area contributed by atoms with Crippen molar-refractivity contribution in [2.45, 2.75) is 92.0 Å². The Bertz CT molecular complexity index is 1070. The standard InChI is InChI=1S/C34H51N3O2/c1-7-37(6,25-30(38)24-31-26(2)16-14-17-27(31)3)23-13-9-12-22-36-21-11-8-10-20-32(36)34(39)35-33-28(4)18-15-19-29(33)5/h14-19,32H,7-13,20-25H2,1-6H3/p+1. The van der Waals surface area contributed by atoms with Crippen LogP contribution >= 0.6 is 0 Å². The summed E-state index contributed by atoms with van der Waals surface area (Å²) in [4.78, 5) is 28.8. The Morgan fingerprint density at radius 2 is 1.54 bits per heavy atom. The number of hydrogen-bond acceptors (Lipinski definition) is 3. The molecule has 39 heavy (non-hydrogen) atoms. The molecule has 0 bridgehead atoms. The van der Waals surface area contributed by atoms with E-state index in [0.29, 0.717) is 18.7 Å². The van der Waals surface area contributed by atoms with Crippen molar-refractivity contribution in [1.29, 1.82) is 0 Å². The number of benzene rings is 2. The Morgan fingerprint density at radius 3 is 2.18 bits per heavy atom. The zero-order valence-electron chi connectivity index (χ0n) is 25.4. The summed E-state index contributed by atoms with van der Waals surface area (Å²) >= 11 is 0. The zero-order valence-corrected chi connectivity index (χ0v) is 25.4. The highest BCUT2D eigenvalue weighted by atomic mass is 16.2. The Hall–Kier alpha value is -2.50. The largest absolute Gasteiger partial charge is 0.324 e. The first-order valence-corrected chi connectivity index (χ1v) is 15.1. The monoisotopic (exact) mass is 534 g/mol. The van der Waals surface area contributed by atoms with Gasteiger partial charge in [-0.1, -0.05) is 49.2 Å². The highest BCUT2D eigenvalue weighted by Gasteiger charge is 2.28. The van der Waals surface area contributed by atoms with E-state index in [1.54, 1.807) is 0 Å². The number of unbranched alkanes of at least 4 members (excludes halogenated alkanes) is 2. The van der Waals surface area contributed by atoms with E-state index < -0.39 is 0 Å². The van der Waals surface area contributed by atoms with E-state index in [1.165, 1.54) is 29.5 Å². The SMILES string of the molecule is CC[N+](C)(CCCCCN1CCCCCC1C(=O)Nc1c(C)cccc1C)CC(=O)Cc1c(C)cccc1C. The summed E-state index contributed by atoms with van der Waals surface area (Å²) in [6, 6.07) is 12.4. The van der Waals surface area contributed by atoms with Crippen LogP contribution in [0.3, 0.4) is 0 Å². The first-order valence-electron chi connectivity index (χ1n) is 15.1. The van der Waals surface area contributed by atoms with Crippen molar-refractivity contribution >= 4 is 17.4 Å². The van der Waals surface area contributed by atoms with Gasteiger partial charge in [-0.2, -0.15) is 0 Å². The number of hydrogen-bond donors (Lipinski definition) is 1. The lowest BCUT2D eigenvalue weighted by molar-refractivity contribution is -0.900. The van der Waals surface area contributed by atoms with Gasteiger partial charge in [0.2, 0.25) is 5.91 Å². The molecule has 1 amide bonds. The highest BCUT2D eigenvalue weighted by molar-refractivity contribution is 5.96. The van der Waals surface area contributed by atoms with Crippen LogP contribution in [0.4, 0.5) is 5.69 Å². The summed E-state index contributed by atoms with van der Waals surface area (Å²) in [6.07, 6.45) is 8.27. The second kappa shape index (κ2) is 14.8. The van der Waals surface area contributed by atoms with Gasteiger partial charge in [-0.3, -0.25) is 14.5 Å². The minimum atomic E-state index is -0.0503. The number of Topliss-reactive ketones (excluding diaryl/α,β-unsaturated/α-hetero) is 1. The molecule has 2 aromatic rings. The molecule has 0 aliphatic carbocycles. The van der Waals surface area contributed by atoms with Crippen molar-refractivity contribution in [2.24, 2.45) is 0 Å². The van der Waals surface area contributed by atoms with Crippen molar-refractivity contribution in [3.05, 3.63) is 64.2 Å². The number of rotatable bonds is 13. The third-order valence-corrected chi connectivity index (χ3v) is 8.88. The van der Waals surface area contributed by atoms with Gasteiger partial charge in [-0.05, 0) is 108 Å². The first kappa shape index (κ1) is 31.0. The molecule has 3 rings (SSSR count). The first-order chi connectivity index (χ1) is 18.6. The minimum absolute atomic E-state index is 0.0503. The summed E-state index contributed by atoms with van der Waals surface area (Å²) in [5.41, 5.74) is 6.82. The number of quaternary nitrogens is 1. The molecule has 0 radical (unpaired) electrons. The maximum atomic E-state index is 13.4. The third kappa shape index (κ3) is 9.01. The highest BCUT2D eigenvalue weighted by Crippen LogP contribution is 2.23. The van der Waals surface area contributed by atoms with Crippen LogP contribution < -0.4 is 5.32 Å². The molecule has 1 aliphatic rings. The number of likely N-dealkylation sites (tertiary alicyclic amines) is 1. The van der Waals surface area contributed by atoms with Crippen molar-refractivity contribution in [3.8, 4) is 0 Å². The molecule has 1 fully saturated rings. The van der Waals surface area contributed by atoms with Gasteiger partial charge in [0.1, 0.15) is 6.54 Å². The van der Waals surface area contributed by atoms with Gasteiger partial charge in [0.25, 0.3) is 0 Å². The van der Waals surface area contributed by atoms with Crippen molar-refractivity contribution < 1.29 is 14.1 Å². The summed E-state index contributed by atoms with van der Waals surface area (Å²) in [5, 5.41) is 3.26. The third-order valence-electron chi connectivity index (χ3n) is 8.88. The predicted octanol–water partition coefficient (Wildman–Crippen LogP) is 6.55. The lowest BCUT2D eigenvalue weighted by Gasteiger charge is -2.33. The molecule has 1 saturated heterocycles. The van der Waals surface area contributed by atoms with Gasteiger partial charge >= 0.3 is 0 Å². The fourth-order valence-corrected chi connectivity index (χ4v) is 6.09. The van der Waals surface area contributed by atoms with E-state index in [1.807, 2.05) is 6.07 Å². The summed E-state index contributed by atoms with van der Waals surface area (Å²) in [7, 11) is 2.23. The van der Waals surface area contributed by atoms with Crippen LogP contribution in [0.25, 0.3) is 0 Å². The van der Waals surface area contributed by atoms with Gasteiger partial charge in [0.05, 0.1) is 26.2 Å². The van der Waals surface area contributed by atoms with Crippen LogP contribution in [-0.2, 0) is 16.0 Å². The van der Waals surface area contributed by atoms with Crippen molar-refractivity contribution in [1.82, 2.24) is 4.90 Å². The van der Waals surface area contributed by atoms with E-state index >= 15 is 0 Å². The van der Waals surface area contributed by atoms with Crippen molar-refractivity contribution in [3.63, 3.8) is 0 Å². The van der Waals surface area contributed by atoms with Gasteiger partial charge in [0, 0.05) is 12.1 Å². The van der Waals surface area contributed by atoms with Crippen LogP contribution in [0.15, 0.2) is 36.4 Å². The predicted molar refractivity (Wildman–Crippen MR) is 163 cm³/mol. The van der Waals surface area contributed by atoms with Crippen LogP contribution in [0, 0.1) is 27.7 Å². The van der Waals surface area contributed by atoms with Gasteiger partial charge in [-0.25, -0.2) is 0 Å². The number of nitrogens with one attached hydrogen (secondary N) is 1. The van der Waals surface area contributed by atoms with E-state index in [-0.39, 0.29) is 11.9 Å². The van der Waals surface area contributed by atoms with Crippen LogP contribution in [0.5, 0.6) is 0 Å². The molecule has 2 atom stereocenters. The number of carbonyl (C=O) groups is 2. The fourth-order valence-electron chi connectivity index (χ4n) is 6.09. The molecular weight excluding hydrogens is 482 g/mol. The Morgan fingerprint density at radius 1 is 0.897 bits per heavy atom. The number of aryl methyl sites for hydroxylation is 4. The number of amides is 1. The molecule has 1 N–H and O–H groups in total. The Kier molecular flexibility index (Phi) is 11.7. The van der Waals surface area contributed by atoms with Crippen LogP contribution in [-0.4, -0.2) is 66.9 Å². The molecule has 0 spiro atoms. The number of nitrogens with zero attached hydrogens (tertiary/aromatic N) is 2. The normalized spacial score (nSPS) is 17.8. The van der Waals surface area contributed by atoms with Crippen molar-refractivity contribution in [2.75, 3.05) is 45.1 Å². The zero-order chi connectivity index (χ0) is 28.4. The lowest BCUT2D eigenvalue weighted by atomic mass is 9.98. The second-order valence-electron chi connectivity index (χ2n) is 12.1. The Balaban J connectivity index is 1.49. The number of ketones is 1. The average molecular weight is 535 g/mol. The second-order valence-corrected chi connectivity index (χ2v) is 12.1. The molecule has 214 valence electrons. The number of anilines is 1. The topological polar surface area (TPSA) is 49.4 Å². The number of para-hydroxylation sites is 1. The van der Waals surface area contributed by atoms with E-state index in [4.69, 9.17) is 0 Å². The maximum Gasteiger partial charge on any atom is 0.241 e. The quantitative estimate of drug-likeness (QED) is 0.234. The molecule has 0 saturated carbocycles. The maximum absolute atomic E-state index is 13.4. The molecule has 5 nitrogen and oxygen atoms in total. The summed E-state index contributed by atoms with van der Waals surface area (Å²) in [5.74, 6) is 0.478. The Labute approximate surface area is 237 Å². The van der Waals surface area contributed by atoms with Gasteiger partial charge in [-0.15, -0.1) is 0 Å². The fraction of sp³-hybridized carbons (Fsp3) is 0.588. The van der Waals surface area contributed by atoms with E-state index in [2.05, 4.69) is 82.2 Å². The van der Waals surface area contributed by atoms with Crippen LogP contribution in [0.2, 0.25) is 0 Å². The summed E-state index contributed by atoms with van der Waals surface area (Å²) < 4.78 is 0.800. The average Bonchev–Trinajstić information content (AvgIpc) is 3.14. The lowest BCUT2D eigenvalue weighted by Crippen LogP contribution is -2.48. The number of likely N-dealkylation sites (N-methyl/N-ethyl adjacent to an activating group) is 1. The van der Waals surface area contributed by atoms with E-state index in [9.17, 15) is 9.59 Å². The molecule has 1 aliphatic heterocycles. The molecule has 2 aromatic carbocycles.